The molecule has 2 aliphatic heterocycles. The number of nitrogens with one attached hydrogen (secondary N) is 1. The van der Waals surface area contributed by atoms with E-state index in [0.717, 1.165) is 45.3 Å². The Labute approximate surface area is 145 Å². The highest BCUT2D eigenvalue weighted by Gasteiger charge is 2.42. The van der Waals surface area contributed by atoms with Gasteiger partial charge in [0, 0.05) is 6.04 Å². The van der Waals surface area contributed by atoms with E-state index < -0.39 is 15.2 Å². The van der Waals surface area contributed by atoms with E-state index >= 15 is 0 Å². The standard InChI is InChI=1S/C18H28N2O3S/c1-14-4-3-13-20(15-9-11-19-12-10-15)18(14)24(21,22)17-7-5-16(23-2)6-8-17/h5-8,14-15,18-19H,3-4,9-13H2,1-2H3/t14?,18-/m1/s1. The molecule has 0 bridgehead atoms. The molecule has 1 N–H and O–H groups in total. The molecule has 5 nitrogen and oxygen atoms in total. The molecule has 0 aliphatic carbocycles. The average Bonchev–Trinajstić information content (AvgIpc) is 2.62. The molecule has 0 saturated carbocycles. The number of hydrogen-bond donors (Lipinski definition) is 1. The van der Waals surface area contributed by atoms with Gasteiger partial charge in [0.05, 0.1) is 12.0 Å². The fraction of sp³-hybridized carbons (Fsp3) is 0.667. The molecule has 2 aliphatic rings. The average molecular weight is 353 g/mol. The smallest absolute Gasteiger partial charge is 0.194 e. The number of sulfone groups is 1. The first-order valence-electron chi connectivity index (χ1n) is 8.88. The number of ether oxygens (including phenoxy) is 1. The fourth-order valence-corrected chi connectivity index (χ4v) is 6.29. The summed E-state index contributed by atoms with van der Waals surface area (Å²) in [5.74, 6) is 0.835. The molecule has 0 aromatic heterocycles. The lowest BCUT2D eigenvalue weighted by molar-refractivity contribution is 0.0843. The zero-order valence-electron chi connectivity index (χ0n) is 14.6. The minimum absolute atomic E-state index is 0.153. The predicted octanol–water partition coefficient (Wildman–Crippen LogP) is 2.28. The van der Waals surface area contributed by atoms with Gasteiger partial charge in [-0.3, -0.25) is 4.90 Å². The van der Waals surface area contributed by atoms with Crippen LogP contribution < -0.4 is 10.1 Å². The number of hydrogen-bond acceptors (Lipinski definition) is 5. The third kappa shape index (κ3) is 3.46. The van der Waals surface area contributed by atoms with Crippen molar-refractivity contribution in [2.75, 3.05) is 26.7 Å². The van der Waals surface area contributed by atoms with Crippen LogP contribution in [-0.4, -0.2) is 51.5 Å². The van der Waals surface area contributed by atoms with Gasteiger partial charge in [0.2, 0.25) is 0 Å². The minimum Gasteiger partial charge on any atom is -0.497 e. The van der Waals surface area contributed by atoms with Gasteiger partial charge in [-0.05, 0) is 75.5 Å². The van der Waals surface area contributed by atoms with Crippen LogP contribution in [-0.2, 0) is 9.84 Å². The Morgan fingerprint density at radius 2 is 1.79 bits per heavy atom. The molecule has 1 aromatic carbocycles. The monoisotopic (exact) mass is 352 g/mol. The fourth-order valence-electron chi connectivity index (χ4n) is 4.11. The summed E-state index contributed by atoms with van der Waals surface area (Å²) in [6.07, 6.45) is 4.12. The van der Waals surface area contributed by atoms with E-state index in [-0.39, 0.29) is 5.92 Å². The molecule has 3 rings (SSSR count). The molecule has 2 fully saturated rings. The second-order valence-electron chi connectivity index (χ2n) is 6.95. The quantitative estimate of drug-likeness (QED) is 0.901. The van der Waals surface area contributed by atoms with Crippen LogP contribution in [0.4, 0.5) is 0 Å². The normalized spacial score (nSPS) is 27.1. The maximum Gasteiger partial charge on any atom is 0.194 e. The maximum atomic E-state index is 13.4. The Hall–Kier alpha value is -1.11. The number of nitrogens with zero attached hydrogens (tertiary/aromatic N) is 1. The van der Waals surface area contributed by atoms with Gasteiger partial charge in [-0.25, -0.2) is 8.42 Å². The van der Waals surface area contributed by atoms with Crippen molar-refractivity contribution < 1.29 is 13.2 Å². The number of likely N-dealkylation sites (tertiary alicyclic amines) is 1. The van der Waals surface area contributed by atoms with E-state index in [0.29, 0.717) is 16.7 Å². The highest BCUT2D eigenvalue weighted by Crippen LogP contribution is 2.34. The lowest BCUT2D eigenvalue weighted by atomic mass is 9.95. The van der Waals surface area contributed by atoms with Crippen LogP contribution in [0.2, 0.25) is 0 Å². The van der Waals surface area contributed by atoms with Gasteiger partial charge in [0.25, 0.3) is 0 Å². The second kappa shape index (κ2) is 7.42. The molecular formula is C18H28N2O3S. The largest absolute Gasteiger partial charge is 0.497 e. The first kappa shape index (κ1) is 17.7. The van der Waals surface area contributed by atoms with Crippen molar-refractivity contribution in [3.8, 4) is 5.75 Å². The number of benzene rings is 1. The maximum absolute atomic E-state index is 13.4. The summed E-state index contributed by atoms with van der Waals surface area (Å²) in [6.45, 7) is 4.92. The molecule has 1 aromatic rings. The Balaban J connectivity index is 1.91. The summed E-state index contributed by atoms with van der Waals surface area (Å²) in [7, 11) is -1.80. The highest BCUT2D eigenvalue weighted by molar-refractivity contribution is 7.92. The van der Waals surface area contributed by atoms with E-state index in [1.165, 1.54) is 0 Å². The van der Waals surface area contributed by atoms with Gasteiger partial charge in [-0.1, -0.05) is 6.92 Å². The van der Waals surface area contributed by atoms with Gasteiger partial charge < -0.3 is 10.1 Å². The van der Waals surface area contributed by atoms with Crippen molar-refractivity contribution >= 4 is 9.84 Å². The first-order chi connectivity index (χ1) is 11.5. The molecule has 134 valence electrons. The van der Waals surface area contributed by atoms with E-state index in [2.05, 4.69) is 17.1 Å². The molecular weight excluding hydrogens is 324 g/mol. The van der Waals surface area contributed by atoms with E-state index in [4.69, 9.17) is 4.74 Å². The predicted molar refractivity (Wildman–Crippen MR) is 95.0 cm³/mol. The molecule has 0 radical (unpaired) electrons. The van der Waals surface area contributed by atoms with Gasteiger partial charge >= 0.3 is 0 Å². The molecule has 0 amide bonds. The third-order valence-electron chi connectivity index (χ3n) is 5.37. The van der Waals surface area contributed by atoms with Crippen molar-refractivity contribution in [2.45, 2.75) is 48.9 Å². The number of rotatable bonds is 4. The van der Waals surface area contributed by atoms with Crippen LogP contribution in [0.1, 0.15) is 32.6 Å². The van der Waals surface area contributed by atoms with Gasteiger partial charge in [-0.15, -0.1) is 0 Å². The lowest BCUT2D eigenvalue weighted by Gasteiger charge is -2.45. The zero-order chi connectivity index (χ0) is 17.2. The summed E-state index contributed by atoms with van der Waals surface area (Å²) in [5, 5.41) is 2.96. The highest BCUT2D eigenvalue weighted by atomic mass is 32.2. The molecule has 2 heterocycles. The van der Waals surface area contributed by atoms with Crippen molar-refractivity contribution in [1.82, 2.24) is 10.2 Å². The van der Waals surface area contributed by atoms with Crippen LogP contribution in [0, 0.1) is 5.92 Å². The van der Waals surface area contributed by atoms with E-state index in [9.17, 15) is 8.42 Å². The molecule has 2 atom stereocenters. The van der Waals surface area contributed by atoms with E-state index in [1.807, 2.05) is 0 Å². The minimum atomic E-state index is -3.38. The van der Waals surface area contributed by atoms with Gasteiger partial charge in [-0.2, -0.15) is 0 Å². The topological polar surface area (TPSA) is 58.6 Å². The second-order valence-corrected chi connectivity index (χ2v) is 8.99. The number of piperidine rings is 2. The number of methoxy groups -OCH3 is 1. The van der Waals surface area contributed by atoms with Gasteiger partial charge in [0.15, 0.2) is 9.84 Å². The lowest BCUT2D eigenvalue weighted by Crippen LogP contribution is -2.55. The molecule has 24 heavy (non-hydrogen) atoms. The summed E-state index contributed by atoms with van der Waals surface area (Å²) in [4.78, 5) is 2.68. The Bertz CT molecular complexity index is 639. The van der Waals surface area contributed by atoms with Crippen molar-refractivity contribution in [3.63, 3.8) is 0 Å². The van der Waals surface area contributed by atoms with E-state index in [1.54, 1.807) is 31.4 Å². The van der Waals surface area contributed by atoms with Crippen LogP contribution in [0.5, 0.6) is 5.75 Å². The van der Waals surface area contributed by atoms with Crippen LogP contribution in [0.3, 0.4) is 0 Å². The SMILES string of the molecule is COc1ccc(S(=O)(=O)[C@@H]2C(C)CCCN2C2CCNCC2)cc1. The first-order valence-corrected chi connectivity index (χ1v) is 10.4. The molecule has 2 saturated heterocycles. The third-order valence-corrected chi connectivity index (χ3v) is 7.67. The molecule has 1 unspecified atom stereocenters. The van der Waals surface area contributed by atoms with Crippen LogP contribution in [0.25, 0.3) is 0 Å². The van der Waals surface area contributed by atoms with Crippen LogP contribution >= 0.6 is 0 Å². The Kier molecular flexibility index (Phi) is 5.47. The van der Waals surface area contributed by atoms with Crippen LogP contribution in [0.15, 0.2) is 29.2 Å². The summed E-state index contributed by atoms with van der Waals surface area (Å²) >= 11 is 0. The zero-order valence-corrected chi connectivity index (χ0v) is 15.4. The Morgan fingerprint density at radius 1 is 1.12 bits per heavy atom. The van der Waals surface area contributed by atoms with Crippen molar-refractivity contribution in [1.29, 1.82) is 0 Å². The van der Waals surface area contributed by atoms with Gasteiger partial charge in [0.1, 0.15) is 11.1 Å². The van der Waals surface area contributed by atoms with Crippen molar-refractivity contribution in [2.24, 2.45) is 5.92 Å². The molecule has 6 heteroatoms. The van der Waals surface area contributed by atoms with Crippen molar-refractivity contribution in [3.05, 3.63) is 24.3 Å². The summed E-state index contributed by atoms with van der Waals surface area (Å²) in [5.41, 5.74) is 0. The molecule has 0 spiro atoms. The summed E-state index contributed by atoms with van der Waals surface area (Å²) in [6, 6.07) is 7.18. The Morgan fingerprint density at radius 3 is 2.42 bits per heavy atom. The summed E-state index contributed by atoms with van der Waals surface area (Å²) < 4.78 is 31.9.